The van der Waals surface area contributed by atoms with E-state index in [1.807, 2.05) is 30.3 Å². The molecule has 0 saturated carbocycles. The van der Waals surface area contributed by atoms with Gasteiger partial charge < -0.3 is 4.98 Å². The molecular formula is C14H11ClN2O. The highest BCUT2D eigenvalue weighted by atomic mass is 35.5. The Bertz CT molecular complexity index is 733. The Morgan fingerprint density at radius 2 is 2.06 bits per heavy atom. The second-order valence-electron chi connectivity index (χ2n) is 4.11. The molecule has 3 aromatic rings. The van der Waals surface area contributed by atoms with Crippen LogP contribution in [0.4, 0.5) is 0 Å². The molecule has 0 spiro atoms. The number of nitrogens with zero attached hydrogens (tertiary/aromatic N) is 1. The zero-order valence-corrected chi connectivity index (χ0v) is 10.4. The first kappa shape index (κ1) is 11.2. The number of aromatic amines is 1. The molecule has 0 unspecified atom stereocenters. The maximum Gasteiger partial charge on any atom is 0.184 e. The molecule has 1 N–H and O–H groups in total. The summed E-state index contributed by atoms with van der Waals surface area (Å²) in [4.78, 5) is 19.4. The lowest BCUT2D eigenvalue weighted by Gasteiger charge is -1.99. The minimum absolute atomic E-state index is 0.0258. The molecule has 0 aliphatic rings. The number of hydrogen-bond acceptors (Lipinski definition) is 2. The van der Waals surface area contributed by atoms with Gasteiger partial charge in [-0.2, -0.15) is 0 Å². The second kappa shape index (κ2) is 4.42. The van der Waals surface area contributed by atoms with E-state index >= 15 is 0 Å². The number of fused-ring (bicyclic) bond motifs is 3. The van der Waals surface area contributed by atoms with Crippen LogP contribution in [0, 0.1) is 0 Å². The van der Waals surface area contributed by atoms with Crippen LogP contribution in [-0.4, -0.2) is 21.6 Å². The molecule has 2 heterocycles. The summed E-state index contributed by atoms with van der Waals surface area (Å²) in [5.41, 5.74) is 2.29. The van der Waals surface area contributed by atoms with E-state index in [4.69, 9.17) is 11.6 Å². The normalized spacial score (nSPS) is 11.2. The van der Waals surface area contributed by atoms with Crippen LogP contribution in [0.2, 0.25) is 0 Å². The Balaban J connectivity index is 2.31. The maximum atomic E-state index is 12.0. The first-order valence-corrected chi connectivity index (χ1v) is 6.29. The van der Waals surface area contributed by atoms with Gasteiger partial charge in [0.15, 0.2) is 5.78 Å². The van der Waals surface area contributed by atoms with Gasteiger partial charge in [-0.1, -0.05) is 18.2 Å². The lowest BCUT2D eigenvalue weighted by atomic mass is 10.1. The molecule has 3 rings (SSSR count). The molecule has 0 bridgehead atoms. The minimum atomic E-state index is -0.0258. The van der Waals surface area contributed by atoms with Crippen molar-refractivity contribution >= 4 is 39.2 Å². The molecule has 1 aromatic carbocycles. The monoisotopic (exact) mass is 258 g/mol. The average Bonchev–Trinajstić information content (AvgIpc) is 2.77. The summed E-state index contributed by atoms with van der Waals surface area (Å²) in [6.07, 6.45) is 1.98. The standard InChI is InChI=1S/C14H11ClN2O/c15-7-5-12(18)14-13-10(6-8-16-14)9-3-1-2-4-11(9)17-13/h1-4,6,8,17H,5,7H2. The number of H-pyrrole nitrogens is 1. The van der Waals surface area contributed by atoms with Crippen molar-refractivity contribution < 1.29 is 4.79 Å². The Morgan fingerprint density at radius 1 is 1.22 bits per heavy atom. The summed E-state index contributed by atoms with van der Waals surface area (Å²) in [7, 11) is 0. The predicted molar refractivity (Wildman–Crippen MR) is 73.3 cm³/mol. The maximum absolute atomic E-state index is 12.0. The first-order valence-electron chi connectivity index (χ1n) is 5.76. The largest absolute Gasteiger partial charge is 0.353 e. The van der Waals surface area contributed by atoms with E-state index in [2.05, 4.69) is 9.97 Å². The Labute approximate surface area is 109 Å². The van der Waals surface area contributed by atoms with Gasteiger partial charge in [-0.05, 0) is 12.1 Å². The van der Waals surface area contributed by atoms with Crippen molar-refractivity contribution in [3.63, 3.8) is 0 Å². The molecule has 4 heteroatoms. The van der Waals surface area contributed by atoms with Crippen molar-refractivity contribution in [2.75, 3.05) is 5.88 Å². The minimum Gasteiger partial charge on any atom is -0.353 e. The SMILES string of the molecule is O=C(CCCl)c1nccc2c1[nH]c1ccccc12. The van der Waals surface area contributed by atoms with Gasteiger partial charge in [-0.25, -0.2) is 0 Å². The average molecular weight is 259 g/mol. The van der Waals surface area contributed by atoms with Crippen LogP contribution >= 0.6 is 11.6 Å². The van der Waals surface area contributed by atoms with Crippen molar-refractivity contribution in [1.82, 2.24) is 9.97 Å². The number of Topliss-reactive ketones (excluding diaryl/α,β-unsaturated/α-hetero) is 1. The lowest BCUT2D eigenvalue weighted by Crippen LogP contribution is -2.03. The van der Waals surface area contributed by atoms with Crippen molar-refractivity contribution in [2.24, 2.45) is 0 Å². The van der Waals surface area contributed by atoms with Gasteiger partial charge in [0.2, 0.25) is 0 Å². The van der Waals surface area contributed by atoms with Crippen molar-refractivity contribution in [3.05, 3.63) is 42.2 Å². The molecule has 90 valence electrons. The van der Waals surface area contributed by atoms with E-state index in [9.17, 15) is 4.79 Å². The number of halogens is 1. The Kier molecular flexibility index (Phi) is 2.76. The molecule has 0 aliphatic carbocycles. The van der Waals surface area contributed by atoms with Crippen molar-refractivity contribution in [3.8, 4) is 0 Å². The van der Waals surface area contributed by atoms with E-state index in [1.54, 1.807) is 6.20 Å². The van der Waals surface area contributed by atoms with Crippen LogP contribution in [0.1, 0.15) is 16.9 Å². The fraction of sp³-hybridized carbons (Fsp3) is 0.143. The van der Waals surface area contributed by atoms with Crippen LogP contribution in [0.3, 0.4) is 0 Å². The molecule has 0 aliphatic heterocycles. The number of pyridine rings is 1. The molecular weight excluding hydrogens is 248 g/mol. The third-order valence-corrected chi connectivity index (χ3v) is 3.20. The van der Waals surface area contributed by atoms with Crippen LogP contribution in [0.5, 0.6) is 0 Å². The number of para-hydroxylation sites is 1. The topological polar surface area (TPSA) is 45.8 Å². The quantitative estimate of drug-likeness (QED) is 0.577. The molecule has 2 aromatic heterocycles. The zero-order chi connectivity index (χ0) is 12.5. The lowest BCUT2D eigenvalue weighted by molar-refractivity contribution is 0.0986. The number of nitrogens with one attached hydrogen (secondary N) is 1. The van der Waals surface area contributed by atoms with Gasteiger partial charge >= 0.3 is 0 Å². The number of hydrogen-bond donors (Lipinski definition) is 1. The van der Waals surface area contributed by atoms with E-state index in [0.717, 1.165) is 21.8 Å². The summed E-state index contributed by atoms with van der Waals surface area (Å²) in [5, 5.41) is 2.13. The number of carbonyl (C=O) groups is 1. The molecule has 0 saturated heterocycles. The molecule has 18 heavy (non-hydrogen) atoms. The van der Waals surface area contributed by atoms with Crippen molar-refractivity contribution in [1.29, 1.82) is 0 Å². The van der Waals surface area contributed by atoms with Gasteiger partial charge in [-0.3, -0.25) is 9.78 Å². The van der Waals surface area contributed by atoms with Gasteiger partial charge in [0, 0.05) is 34.8 Å². The first-order chi connectivity index (χ1) is 8.81. The van der Waals surface area contributed by atoms with E-state index in [0.29, 0.717) is 18.0 Å². The van der Waals surface area contributed by atoms with E-state index in [1.165, 1.54) is 0 Å². The van der Waals surface area contributed by atoms with Gasteiger partial charge in [0.1, 0.15) is 5.69 Å². The smallest absolute Gasteiger partial charge is 0.184 e. The highest BCUT2D eigenvalue weighted by Crippen LogP contribution is 2.26. The fourth-order valence-corrected chi connectivity index (χ4v) is 2.36. The van der Waals surface area contributed by atoms with Crippen LogP contribution < -0.4 is 0 Å². The third kappa shape index (κ3) is 1.68. The number of ketones is 1. The van der Waals surface area contributed by atoms with E-state index < -0.39 is 0 Å². The van der Waals surface area contributed by atoms with Gasteiger partial charge in [0.25, 0.3) is 0 Å². The Hall–Kier alpha value is -1.87. The second-order valence-corrected chi connectivity index (χ2v) is 4.49. The summed E-state index contributed by atoms with van der Waals surface area (Å²) in [6, 6.07) is 9.89. The van der Waals surface area contributed by atoms with Crippen LogP contribution in [0.15, 0.2) is 36.5 Å². The number of aromatic nitrogens is 2. The number of rotatable bonds is 3. The highest BCUT2D eigenvalue weighted by Gasteiger charge is 2.14. The number of benzene rings is 1. The molecule has 0 amide bonds. The molecule has 0 radical (unpaired) electrons. The predicted octanol–water partition coefficient (Wildman–Crippen LogP) is 3.53. The number of alkyl halides is 1. The zero-order valence-electron chi connectivity index (χ0n) is 9.61. The summed E-state index contributed by atoms with van der Waals surface area (Å²) in [6.45, 7) is 0. The van der Waals surface area contributed by atoms with Gasteiger partial charge in [-0.15, -0.1) is 11.6 Å². The van der Waals surface area contributed by atoms with Gasteiger partial charge in [0.05, 0.1) is 5.52 Å². The summed E-state index contributed by atoms with van der Waals surface area (Å²) < 4.78 is 0. The Morgan fingerprint density at radius 3 is 2.89 bits per heavy atom. The third-order valence-electron chi connectivity index (χ3n) is 3.01. The summed E-state index contributed by atoms with van der Waals surface area (Å²) >= 11 is 5.62. The molecule has 0 fully saturated rings. The van der Waals surface area contributed by atoms with E-state index in [-0.39, 0.29) is 5.78 Å². The molecule has 0 atom stereocenters. The van der Waals surface area contributed by atoms with Crippen molar-refractivity contribution in [2.45, 2.75) is 6.42 Å². The van der Waals surface area contributed by atoms with Crippen LogP contribution in [-0.2, 0) is 0 Å². The van der Waals surface area contributed by atoms with Crippen LogP contribution in [0.25, 0.3) is 21.8 Å². The molecule has 3 nitrogen and oxygen atoms in total. The highest BCUT2D eigenvalue weighted by molar-refractivity contribution is 6.20. The fourth-order valence-electron chi connectivity index (χ4n) is 2.19. The summed E-state index contributed by atoms with van der Waals surface area (Å²) in [5.74, 6) is 0.291. The number of carbonyl (C=O) groups excluding carboxylic acids is 1.